The molecule has 0 saturated heterocycles. The molecule has 1 rings (SSSR count). The van der Waals surface area contributed by atoms with Crippen molar-refractivity contribution in [2.75, 3.05) is 20.8 Å². The SMILES string of the molecule is CCC1CCC(N(C)C(=O)NC(CCOC)C(=O)O)CC1. The standard InChI is InChI=1S/C15H28N2O4/c1-4-11-5-7-12(8-6-11)17(2)15(20)16-13(14(18)19)9-10-21-3/h11-13H,4-10H2,1-3H3,(H,16,20)(H,18,19). The number of ether oxygens (including phenoxy) is 1. The van der Waals surface area contributed by atoms with E-state index in [1.54, 1.807) is 11.9 Å². The number of rotatable bonds is 7. The molecule has 0 bridgehead atoms. The van der Waals surface area contributed by atoms with E-state index >= 15 is 0 Å². The van der Waals surface area contributed by atoms with E-state index in [0.29, 0.717) is 6.61 Å². The molecule has 2 N–H and O–H groups in total. The minimum absolute atomic E-state index is 0.213. The van der Waals surface area contributed by atoms with Crippen molar-refractivity contribution in [2.45, 2.75) is 57.5 Å². The van der Waals surface area contributed by atoms with Gasteiger partial charge in [-0.05, 0) is 31.6 Å². The van der Waals surface area contributed by atoms with Crippen molar-refractivity contribution in [3.05, 3.63) is 0 Å². The molecule has 0 aromatic carbocycles. The zero-order chi connectivity index (χ0) is 15.8. The minimum atomic E-state index is -1.02. The summed E-state index contributed by atoms with van der Waals surface area (Å²) in [7, 11) is 3.26. The zero-order valence-electron chi connectivity index (χ0n) is 13.3. The maximum absolute atomic E-state index is 12.2. The Morgan fingerprint density at radius 3 is 2.43 bits per heavy atom. The quantitative estimate of drug-likeness (QED) is 0.754. The van der Waals surface area contributed by atoms with E-state index in [9.17, 15) is 9.59 Å². The van der Waals surface area contributed by atoms with Gasteiger partial charge in [0, 0.05) is 33.2 Å². The Balaban J connectivity index is 2.47. The first-order chi connectivity index (χ1) is 9.99. The summed E-state index contributed by atoms with van der Waals surface area (Å²) >= 11 is 0. The molecular weight excluding hydrogens is 272 g/mol. The van der Waals surface area contributed by atoms with Gasteiger partial charge < -0.3 is 20.1 Å². The van der Waals surface area contributed by atoms with Crippen molar-refractivity contribution < 1.29 is 19.4 Å². The van der Waals surface area contributed by atoms with Gasteiger partial charge in [0.25, 0.3) is 0 Å². The highest BCUT2D eigenvalue weighted by Gasteiger charge is 2.28. The van der Waals surface area contributed by atoms with Gasteiger partial charge in [0.15, 0.2) is 0 Å². The van der Waals surface area contributed by atoms with Gasteiger partial charge in [-0.1, -0.05) is 13.3 Å². The highest BCUT2D eigenvalue weighted by atomic mass is 16.5. The number of aliphatic carboxylic acids is 1. The monoisotopic (exact) mass is 300 g/mol. The molecular formula is C15H28N2O4. The predicted octanol–water partition coefficient (Wildman–Crippen LogP) is 2.09. The van der Waals surface area contributed by atoms with E-state index in [2.05, 4.69) is 12.2 Å². The Kier molecular flexibility index (Phi) is 7.50. The van der Waals surface area contributed by atoms with Gasteiger partial charge in [-0.15, -0.1) is 0 Å². The van der Waals surface area contributed by atoms with E-state index in [0.717, 1.165) is 31.6 Å². The van der Waals surface area contributed by atoms with Gasteiger partial charge in [-0.3, -0.25) is 0 Å². The summed E-state index contributed by atoms with van der Waals surface area (Å²) in [6, 6.07) is -0.991. The van der Waals surface area contributed by atoms with E-state index in [4.69, 9.17) is 9.84 Å². The van der Waals surface area contributed by atoms with E-state index < -0.39 is 12.0 Å². The maximum atomic E-state index is 12.2. The van der Waals surface area contributed by atoms with Crippen LogP contribution in [0.4, 0.5) is 4.79 Å². The number of nitrogens with zero attached hydrogens (tertiary/aromatic N) is 1. The van der Waals surface area contributed by atoms with Crippen molar-refractivity contribution >= 4 is 12.0 Å². The van der Waals surface area contributed by atoms with Crippen molar-refractivity contribution in [1.82, 2.24) is 10.2 Å². The van der Waals surface area contributed by atoms with E-state index in [1.165, 1.54) is 13.5 Å². The molecule has 0 spiro atoms. The summed E-state index contributed by atoms with van der Waals surface area (Å²) in [5.74, 6) is -0.255. The van der Waals surface area contributed by atoms with Crippen LogP contribution in [0, 0.1) is 5.92 Å². The fourth-order valence-electron chi connectivity index (χ4n) is 2.85. The van der Waals surface area contributed by atoms with Gasteiger partial charge in [-0.2, -0.15) is 0 Å². The number of urea groups is 1. The van der Waals surface area contributed by atoms with Crippen LogP contribution in [0.15, 0.2) is 0 Å². The Bertz CT molecular complexity index is 341. The van der Waals surface area contributed by atoms with Crippen LogP contribution < -0.4 is 5.32 Å². The maximum Gasteiger partial charge on any atom is 0.326 e. The van der Waals surface area contributed by atoms with Crippen LogP contribution in [-0.2, 0) is 9.53 Å². The lowest BCUT2D eigenvalue weighted by molar-refractivity contribution is -0.139. The minimum Gasteiger partial charge on any atom is -0.480 e. The van der Waals surface area contributed by atoms with Gasteiger partial charge in [-0.25, -0.2) is 9.59 Å². The molecule has 0 aliphatic heterocycles. The normalized spacial score (nSPS) is 23.4. The van der Waals surface area contributed by atoms with Crippen LogP contribution in [0.5, 0.6) is 0 Å². The van der Waals surface area contributed by atoms with Crippen LogP contribution >= 0.6 is 0 Å². The number of hydrogen-bond donors (Lipinski definition) is 2. The fourth-order valence-corrected chi connectivity index (χ4v) is 2.85. The largest absolute Gasteiger partial charge is 0.480 e. The summed E-state index contributed by atoms with van der Waals surface area (Å²) < 4.78 is 4.88. The topological polar surface area (TPSA) is 78.9 Å². The second-order valence-corrected chi connectivity index (χ2v) is 5.82. The summed E-state index contributed by atoms with van der Waals surface area (Å²) in [5.41, 5.74) is 0. The van der Waals surface area contributed by atoms with Gasteiger partial charge in [0.05, 0.1) is 0 Å². The third-order valence-electron chi connectivity index (χ3n) is 4.47. The average molecular weight is 300 g/mol. The highest BCUT2D eigenvalue weighted by Crippen LogP contribution is 2.28. The molecule has 0 radical (unpaired) electrons. The van der Waals surface area contributed by atoms with Crippen LogP contribution in [0.1, 0.15) is 45.4 Å². The Morgan fingerprint density at radius 2 is 1.95 bits per heavy atom. The first-order valence-corrected chi connectivity index (χ1v) is 7.74. The van der Waals surface area contributed by atoms with Crippen molar-refractivity contribution in [2.24, 2.45) is 5.92 Å². The molecule has 1 unspecified atom stereocenters. The number of amides is 2. The van der Waals surface area contributed by atoms with E-state index in [1.807, 2.05) is 0 Å². The average Bonchev–Trinajstić information content (AvgIpc) is 2.50. The second kappa shape index (κ2) is 8.87. The van der Waals surface area contributed by atoms with E-state index in [-0.39, 0.29) is 18.5 Å². The molecule has 2 amide bonds. The molecule has 1 saturated carbocycles. The third kappa shape index (κ3) is 5.53. The number of carboxylic acids is 1. The van der Waals surface area contributed by atoms with Gasteiger partial charge in [0.1, 0.15) is 6.04 Å². The number of hydrogen-bond acceptors (Lipinski definition) is 3. The second-order valence-electron chi connectivity index (χ2n) is 5.82. The first kappa shape index (κ1) is 17.8. The lowest BCUT2D eigenvalue weighted by Gasteiger charge is -2.35. The van der Waals surface area contributed by atoms with Crippen molar-refractivity contribution in [3.8, 4) is 0 Å². The van der Waals surface area contributed by atoms with Crippen LogP contribution in [0.3, 0.4) is 0 Å². The summed E-state index contributed by atoms with van der Waals surface area (Å²) in [6.45, 7) is 2.51. The number of carbonyl (C=O) groups excluding carboxylic acids is 1. The summed E-state index contributed by atoms with van der Waals surface area (Å²) in [6.07, 6.45) is 5.75. The Morgan fingerprint density at radius 1 is 1.33 bits per heavy atom. The summed E-state index contributed by atoms with van der Waals surface area (Å²) in [5, 5.41) is 11.7. The van der Waals surface area contributed by atoms with Crippen molar-refractivity contribution in [1.29, 1.82) is 0 Å². The summed E-state index contributed by atoms with van der Waals surface area (Å²) in [4.78, 5) is 25.0. The smallest absolute Gasteiger partial charge is 0.326 e. The molecule has 1 aliphatic rings. The molecule has 0 heterocycles. The number of nitrogens with one attached hydrogen (secondary N) is 1. The van der Waals surface area contributed by atoms with Crippen LogP contribution in [0.25, 0.3) is 0 Å². The molecule has 6 nitrogen and oxygen atoms in total. The molecule has 0 aromatic heterocycles. The number of methoxy groups -OCH3 is 1. The molecule has 21 heavy (non-hydrogen) atoms. The highest BCUT2D eigenvalue weighted by molar-refractivity contribution is 5.82. The molecule has 122 valence electrons. The fraction of sp³-hybridized carbons (Fsp3) is 0.867. The van der Waals surface area contributed by atoms with Crippen molar-refractivity contribution in [3.63, 3.8) is 0 Å². The molecule has 6 heteroatoms. The first-order valence-electron chi connectivity index (χ1n) is 7.74. The molecule has 1 atom stereocenters. The molecule has 0 aromatic rings. The molecule has 1 fully saturated rings. The lowest BCUT2D eigenvalue weighted by Crippen LogP contribution is -2.50. The van der Waals surface area contributed by atoms with Crippen LogP contribution in [-0.4, -0.2) is 54.9 Å². The number of carbonyl (C=O) groups is 2. The zero-order valence-corrected chi connectivity index (χ0v) is 13.3. The van der Waals surface area contributed by atoms with Crippen LogP contribution in [0.2, 0.25) is 0 Å². The Labute approximate surface area is 126 Å². The third-order valence-corrected chi connectivity index (χ3v) is 4.47. The molecule has 1 aliphatic carbocycles. The predicted molar refractivity (Wildman–Crippen MR) is 80.2 cm³/mol. The van der Waals surface area contributed by atoms with Gasteiger partial charge in [0.2, 0.25) is 0 Å². The Hall–Kier alpha value is -1.30. The lowest BCUT2D eigenvalue weighted by atomic mass is 9.84. The van der Waals surface area contributed by atoms with Gasteiger partial charge >= 0.3 is 12.0 Å². The number of carboxylic acid groups (broad SMARTS) is 1.